The first-order valence-electron chi connectivity index (χ1n) is 14.5. The number of ether oxygens (including phenoxy) is 2. The quantitative estimate of drug-likeness (QED) is 0.334. The number of nitrogens with zero attached hydrogens (tertiary/aromatic N) is 3. The SMILES string of the molecule is CCOc1ncccc1-c1ccc(OC2CC3(C2)CN(S(=O)(=O)c2ccc(F)cc2C(F)(F)F)C3)c(C(=O)N[C@@H]2CCNC2)n1. The number of halogens is 4. The Morgan fingerprint density at radius 3 is 2.64 bits per heavy atom. The number of benzene rings is 1. The smallest absolute Gasteiger partial charge is 0.417 e. The van der Waals surface area contributed by atoms with Crippen molar-refractivity contribution in [2.24, 2.45) is 5.41 Å². The van der Waals surface area contributed by atoms with Crippen molar-refractivity contribution in [2.45, 2.75) is 49.4 Å². The van der Waals surface area contributed by atoms with E-state index in [0.29, 0.717) is 55.3 Å². The van der Waals surface area contributed by atoms with Gasteiger partial charge in [-0.3, -0.25) is 4.79 Å². The van der Waals surface area contributed by atoms with Crippen LogP contribution < -0.4 is 20.1 Å². The molecule has 10 nitrogen and oxygen atoms in total. The first-order valence-corrected chi connectivity index (χ1v) is 16.0. The van der Waals surface area contributed by atoms with Gasteiger partial charge in [-0.2, -0.15) is 17.5 Å². The van der Waals surface area contributed by atoms with Crippen LogP contribution in [0, 0.1) is 11.2 Å². The Labute approximate surface area is 257 Å². The third-order valence-electron chi connectivity index (χ3n) is 8.30. The van der Waals surface area contributed by atoms with Crippen molar-refractivity contribution in [3.05, 3.63) is 65.7 Å². The van der Waals surface area contributed by atoms with Gasteiger partial charge in [0.25, 0.3) is 5.91 Å². The van der Waals surface area contributed by atoms with E-state index in [4.69, 9.17) is 9.47 Å². The number of hydrogen-bond acceptors (Lipinski definition) is 8. The van der Waals surface area contributed by atoms with Gasteiger partial charge in [0.1, 0.15) is 11.9 Å². The second-order valence-corrected chi connectivity index (χ2v) is 13.5. The number of amides is 1. The maximum Gasteiger partial charge on any atom is 0.417 e. The molecular weight excluding hydrogens is 618 g/mol. The number of carbonyl (C=O) groups is 1. The van der Waals surface area contributed by atoms with Gasteiger partial charge in [0, 0.05) is 37.3 Å². The average Bonchev–Trinajstić information content (AvgIpc) is 3.46. The summed E-state index contributed by atoms with van der Waals surface area (Å²) in [6, 6.07) is 8.37. The second-order valence-electron chi connectivity index (χ2n) is 11.6. The molecule has 1 spiro atoms. The molecule has 3 aromatic rings. The van der Waals surface area contributed by atoms with Gasteiger partial charge in [0.15, 0.2) is 11.4 Å². The van der Waals surface area contributed by atoms with Crippen LogP contribution >= 0.6 is 0 Å². The molecular formula is C30H31F4N5O5S. The van der Waals surface area contributed by atoms with Gasteiger partial charge >= 0.3 is 6.18 Å². The molecule has 1 amide bonds. The van der Waals surface area contributed by atoms with E-state index in [1.165, 1.54) is 0 Å². The maximum atomic E-state index is 13.5. The first kappa shape index (κ1) is 31.2. The largest absolute Gasteiger partial charge is 0.488 e. The number of sulfonamides is 1. The molecule has 4 heterocycles. The van der Waals surface area contributed by atoms with Crippen LogP contribution in [0.1, 0.15) is 42.2 Å². The van der Waals surface area contributed by atoms with E-state index >= 15 is 0 Å². The molecule has 2 saturated heterocycles. The molecule has 0 radical (unpaired) electrons. The highest BCUT2D eigenvalue weighted by Gasteiger charge is 2.57. The summed E-state index contributed by atoms with van der Waals surface area (Å²) in [6.07, 6.45) is -2.17. The van der Waals surface area contributed by atoms with Crippen molar-refractivity contribution >= 4 is 15.9 Å². The zero-order valence-corrected chi connectivity index (χ0v) is 25.0. The molecule has 2 aromatic heterocycles. The van der Waals surface area contributed by atoms with E-state index < -0.39 is 43.8 Å². The fourth-order valence-corrected chi connectivity index (χ4v) is 7.97. The lowest BCUT2D eigenvalue weighted by Gasteiger charge is -2.57. The van der Waals surface area contributed by atoms with Crippen molar-refractivity contribution in [3.63, 3.8) is 0 Å². The van der Waals surface area contributed by atoms with Gasteiger partial charge in [0.05, 0.1) is 28.3 Å². The van der Waals surface area contributed by atoms with Crippen molar-refractivity contribution in [2.75, 3.05) is 32.8 Å². The third kappa shape index (κ3) is 6.20. The number of rotatable bonds is 9. The summed E-state index contributed by atoms with van der Waals surface area (Å²) in [5, 5.41) is 6.19. The molecule has 1 atom stereocenters. The van der Waals surface area contributed by atoms with Gasteiger partial charge in [-0.1, -0.05) is 0 Å². The first-order chi connectivity index (χ1) is 21.4. The second kappa shape index (κ2) is 11.8. The van der Waals surface area contributed by atoms with Gasteiger partial charge < -0.3 is 20.1 Å². The van der Waals surface area contributed by atoms with Gasteiger partial charge in [0.2, 0.25) is 15.9 Å². The lowest BCUT2D eigenvalue weighted by molar-refractivity contribution is -0.140. The maximum absolute atomic E-state index is 13.5. The zero-order valence-electron chi connectivity index (χ0n) is 24.2. The van der Waals surface area contributed by atoms with Crippen LogP contribution in [0.3, 0.4) is 0 Å². The topological polar surface area (TPSA) is 123 Å². The number of carbonyl (C=O) groups excluding carboxylic acids is 1. The number of hydrogen-bond donors (Lipinski definition) is 2. The Kier molecular flexibility index (Phi) is 8.20. The van der Waals surface area contributed by atoms with Crippen LogP contribution in [0.25, 0.3) is 11.3 Å². The number of alkyl halides is 3. The molecule has 2 aliphatic heterocycles. The summed E-state index contributed by atoms with van der Waals surface area (Å²) in [6.45, 7) is 3.65. The average molecular weight is 650 g/mol. The molecule has 1 aliphatic carbocycles. The summed E-state index contributed by atoms with van der Waals surface area (Å²) in [4.78, 5) is 21.3. The predicted octanol–water partition coefficient (Wildman–Crippen LogP) is 4.02. The Bertz CT molecular complexity index is 1700. The number of nitrogens with one attached hydrogen (secondary N) is 2. The zero-order chi connectivity index (χ0) is 32.0. The summed E-state index contributed by atoms with van der Waals surface area (Å²) < 4.78 is 93.0. The van der Waals surface area contributed by atoms with Crippen LogP contribution in [0.4, 0.5) is 17.6 Å². The minimum atomic E-state index is -5.04. The molecule has 15 heteroatoms. The summed E-state index contributed by atoms with van der Waals surface area (Å²) >= 11 is 0. The minimum absolute atomic E-state index is 0.00426. The number of pyridine rings is 2. The Morgan fingerprint density at radius 2 is 1.96 bits per heavy atom. The number of aromatic nitrogens is 2. The van der Waals surface area contributed by atoms with Crippen LogP contribution in [-0.4, -0.2) is 73.5 Å². The van der Waals surface area contributed by atoms with Crippen molar-refractivity contribution < 1.29 is 40.2 Å². The monoisotopic (exact) mass is 649 g/mol. The Morgan fingerprint density at radius 1 is 1.18 bits per heavy atom. The van der Waals surface area contributed by atoms with Crippen LogP contribution in [-0.2, 0) is 16.2 Å². The van der Waals surface area contributed by atoms with Crippen molar-refractivity contribution in [1.82, 2.24) is 24.9 Å². The highest BCUT2D eigenvalue weighted by molar-refractivity contribution is 7.89. The minimum Gasteiger partial charge on any atom is -0.488 e. The van der Waals surface area contributed by atoms with Crippen LogP contribution in [0.5, 0.6) is 11.6 Å². The molecule has 3 aliphatic rings. The standard InChI is InChI=1S/C30H31F4N5O5S/c1-2-43-28-21(4-3-10-36-28)23-6-7-24(26(38-23)27(40)37-19-9-11-35-15-19)44-20-13-29(14-20)16-39(17-29)45(41,42)25-8-5-18(31)12-22(25)30(32,33)34/h3-8,10,12,19-20,35H,2,9,11,13-17H2,1H3,(H,37,40)/t19-/m1/s1. The summed E-state index contributed by atoms with van der Waals surface area (Å²) in [5.74, 6) is -0.946. The Balaban J connectivity index is 1.17. The molecule has 45 heavy (non-hydrogen) atoms. The molecule has 1 saturated carbocycles. The van der Waals surface area contributed by atoms with Gasteiger partial charge in [-0.05, 0) is 75.2 Å². The van der Waals surface area contributed by atoms with Crippen molar-refractivity contribution in [1.29, 1.82) is 0 Å². The molecule has 6 rings (SSSR count). The molecule has 0 bridgehead atoms. The molecule has 0 unspecified atom stereocenters. The van der Waals surface area contributed by atoms with E-state index in [-0.39, 0.29) is 42.7 Å². The molecule has 3 fully saturated rings. The van der Waals surface area contributed by atoms with Gasteiger partial charge in [-0.25, -0.2) is 22.8 Å². The van der Waals surface area contributed by atoms with E-state index in [2.05, 4.69) is 20.6 Å². The van der Waals surface area contributed by atoms with Crippen LogP contribution in [0.2, 0.25) is 0 Å². The lowest BCUT2D eigenvalue weighted by atomic mass is 9.63. The highest BCUT2D eigenvalue weighted by Crippen LogP contribution is 2.52. The van der Waals surface area contributed by atoms with E-state index in [0.717, 1.165) is 17.3 Å². The normalized spacial score (nSPS) is 20.0. The fourth-order valence-electron chi connectivity index (χ4n) is 6.11. The van der Waals surface area contributed by atoms with E-state index in [9.17, 15) is 30.8 Å². The third-order valence-corrected chi connectivity index (χ3v) is 10.2. The van der Waals surface area contributed by atoms with E-state index in [1.807, 2.05) is 6.92 Å². The fraction of sp³-hybridized carbons (Fsp3) is 0.433. The molecule has 2 N–H and O–H groups in total. The molecule has 1 aromatic carbocycles. The predicted molar refractivity (Wildman–Crippen MR) is 154 cm³/mol. The Hall–Kier alpha value is -3.82. The highest BCUT2D eigenvalue weighted by atomic mass is 32.2. The summed E-state index contributed by atoms with van der Waals surface area (Å²) in [7, 11) is -4.50. The van der Waals surface area contributed by atoms with Crippen molar-refractivity contribution in [3.8, 4) is 22.9 Å². The van der Waals surface area contributed by atoms with E-state index in [1.54, 1.807) is 30.5 Å². The molecule has 240 valence electrons. The lowest BCUT2D eigenvalue weighted by Crippen LogP contribution is -2.65. The summed E-state index contributed by atoms with van der Waals surface area (Å²) in [5.41, 5.74) is -0.842. The van der Waals surface area contributed by atoms with Crippen LogP contribution in [0.15, 0.2) is 53.6 Å². The van der Waals surface area contributed by atoms with Gasteiger partial charge in [-0.15, -0.1) is 0 Å².